The molecule has 0 radical (unpaired) electrons. The van der Waals surface area contributed by atoms with E-state index in [1.165, 1.54) is 16.4 Å². The van der Waals surface area contributed by atoms with Gasteiger partial charge in [-0.25, -0.2) is 0 Å². The highest BCUT2D eigenvalue weighted by Crippen LogP contribution is 2.25. The van der Waals surface area contributed by atoms with Crippen LogP contribution in [0.15, 0.2) is 23.1 Å². The molecule has 0 atom stereocenters. The van der Waals surface area contributed by atoms with E-state index in [9.17, 15) is 0 Å². The van der Waals surface area contributed by atoms with E-state index in [4.69, 9.17) is 11.6 Å². The summed E-state index contributed by atoms with van der Waals surface area (Å²) < 4.78 is 0. The molecule has 0 aliphatic heterocycles. The van der Waals surface area contributed by atoms with Crippen molar-refractivity contribution >= 4 is 34.1 Å². The SMILES string of the molecule is Cc1cc(Cl)cc(SS)c1. The summed E-state index contributed by atoms with van der Waals surface area (Å²) in [4.78, 5) is 1.09. The van der Waals surface area contributed by atoms with Gasteiger partial charge in [0.1, 0.15) is 0 Å². The average Bonchev–Trinajstić information content (AvgIpc) is 1.85. The Balaban J connectivity index is 3.06. The van der Waals surface area contributed by atoms with Crippen LogP contribution in [-0.2, 0) is 0 Å². The Hall–Kier alpha value is 0.210. The molecule has 0 bridgehead atoms. The third-order valence-corrected chi connectivity index (χ3v) is 2.42. The van der Waals surface area contributed by atoms with Crippen molar-refractivity contribution in [2.24, 2.45) is 0 Å². The Labute approximate surface area is 74.8 Å². The zero-order valence-electron chi connectivity index (χ0n) is 5.47. The second kappa shape index (κ2) is 3.56. The summed E-state index contributed by atoms with van der Waals surface area (Å²) in [6, 6.07) is 5.87. The van der Waals surface area contributed by atoms with Crippen LogP contribution in [0.25, 0.3) is 0 Å². The quantitative estimate of drug-likeness (QED) is 0.522. The maximum Gasteiger partial charge on any atom is 0.0420 e. The van der Waals surface area contributed by atoms with Gasteiger partial charge in [-0.1, -0.05) is 22.4 Å². The molecule has 0 saturated carbocycles. The summed E-state index contributed by atoms with van der Waals surface area (Å²) in [5.41, 5.74) is 1.17. The predicted octanol–water partition coefficient (Wildman–Crippen LogP) is 3.59. The molecular weight excluding hydrogens is 184 g/mol. The van der Waals surface area contributed by atoms with E-state index in [2.05, 4.69) is 11.7 Å². The second-order valence-electron chi connectivity index (χ2n) is 2.06. The van der Waals surface area contributed by atoms with Crippen molar-refractivity contribution in [3.63, 3.8) is 0 Å². The molecule has 0 heterocycles. The van der Waals surface area contributed by atoms with Crippen molar-refractivity contribution in [1.82, 2.24) is 0 Å². The maximum absolute atomic E-state index is 5.78. The van der Waals surface area contributed by atoms with Crippen LogP contribution < -0.4 is 0 Å². The molecule has 0 spiro atoms. The highest BCUT2D eigenvalue weighted by Gasteiger charge is 1.93. The molecule has 0 N–H and O–H groups in total. The number of halogens is 1. The van der Waals surface area contributed by atoms with Crippen LogP contribution in [0.2, 0.25) is 5.02 Å². The predicted molar refractivity (Wildman–Crippen MR) is 51.0 cm³/mol. The normalized spacial score (nSPS) is 9.90. The number of hydrogen-bond donors (Lipinski definition) is 1. The van der Waals surface area contributed by atoms with E-state index in [0.29, 0.717) is 0 Å². The molecule has 3 heteroatoms. The summed E-state index contributed by atoms with van der Waals surface area (Å²) in [5, 5.41) is 0.775. The Morgan fingerprint density at radius 2 is 2.10 bits per heavy atom. The van der Waals surface area contributed by atoms with Gasteiger partial charge in [0, 0.05) is 9.92 Å². The first-order valence-electron chi connectivity index (χ1n) is 2.81. The minimum atomic E-state index is 0.775. The Morgan fingerprint density at radius 3 is 2.60 bits per heavy atom. The van der Waals surface area contributed by atoms with Gasteiger partial charge < -0.3 is 0 Å². The van der Waals surface area contributed by atoms with Crippen molar-refractivity contribution in [1.29, 1.82) is 0 Å². The van der Waals surface area contributed by atoms with Crippen molar-refractivity contribution in [2.45, 2.75) is 11.8 Å². The monoisotopic (exact) mass is 190 g/mol. The molecule has 0 fully saturated rings. The zero-order chi connectivity index (χ0) is 7.56. The Bertz CT molecular complexity index is 215. The number of rotatable bonds is 1. The van der Waals surface area contributed by atoms with Gasteiger partial charge in [0.15, 0.2) is 0 Å². The smallest absolute Gasteiger partial charge is 0.0420 e. The molecule has 10 heavy (non-hydrogen) atoms. The number of thiol groups is 1. The van der Waals surface area contributed by atoms with E-state index < -0.39 is 0 Å². The van der Waals surface area contributed by atoms with Gasteiger partial charge in [-0.2, -0.15) is 0 Å². The van der Waals surface area contributed by atoms with Gasteiger partial charge >= 0.3 is 0 Å². The van der Waals surface area contributed by atoms with Crippen LogP contribution in [0, 0.1) is 6.92 Å². The van der Waals surface area contributed by atoms with Crippen molar-refractivity contribution in [3.8, 4) is 0 Å². The highest BCUT2D eigenvalue weighted by molar-refractivity contribution is 8.68. The first kappa shape index (κ1) is 8.31. The molecule has 0 aliphatic carbocycles. The molecule has 0 aliphatic rings. The molecule has 1 rings (SSSR count). The first-order valence-corrected chi connectivity index (χ1v) is 5.05. The molecule has 0 aromatic heterocycles. The molecule has 54 valence electrons. The fourth-order valence-corrected chi connectivity index (χ4v) is 1.84. The van der Waals surface area contributed by atoms with E-state index in [-0.39, 0.29) is 0 Å². The molecule has 0 unspecified atom stereocenters. The molecule has 0 nitrogen and oxygen atoms in total. The van der Waals surface area contributed by atoms with E-state index in [0.717, 1.165) is 9.92 Å². The van der Waals surface area contributed by atoms with Crippen LogP contribution >= 0.6 is 34.1 Å². The summed E-state index contributed by atoms with van der Waals surface area (Å²) in [5.74, 6) is 0. The third-order valence-electron chi connectivity index (χ3n) is 1.12. The zero-order valence-corrected chi connectivity index (χ0v) is 7.93. The molecular formula is C7H7ClS2. The van der Waals surface area contributed by atoms with E-state index in [1.54, 1.807) is 0 Å². The largest absolute Gasteiger partial charge is 0.106 e. The maximum atomic E-state index is 5.78. The van der Waals surface area contributed by atoms with E-state index in [1.807, 2.05) is 25.1 Å². The number of benzene rings is 1. The van der Waals surface area contributed by atoms with Crippen LogP contribution in [0.5, 0.6) is 0 Å². The standard InChI is InChI=1S/C7H7ClS2/c1-5-2-6(8)4-7(3-5)10-9/h2-4,9H,1H3. The summed E-state index contributed by atoms with van der Waals surface area (Å²) >= 11 is 9.84. The third kappa shape index (κ3) is 2.11. The lowest BCUT2D eigenvalue weighted by Crippen LogP contribution is -1.73. The lowest BCUT2D eigenvalue weighted by molar-refractivity contribution is 1.37. The summed E-state index contributed by atoms with van der Waals surface area (Å²) in [6.07, 6.45) is 0. The Morgan fingerprint density at radius 1 is 1.40 bits per heavy atom. The number of hydrogen-bond acceptors (Lipinski definition) is 2. The topological polar surface area (TPSA) is 0 Å². The van der Waals surface area contributed by atoms with Gasteiger partial charge in [0.25, 0.3) is 0 Å². The minimum Gasteiger partial charge on any atom is -0.106 e. The van der Waals surface area contributed by atoms with Crippen molar-refractivity contribution < 1.29 is 0 Å². The fourth-order valence-electron chi connectivity index (χ4n) is 0.755. The van der Waals surface area contributed by atoms with Crippen molar-refractivity contribution in [2.75, 3.05) is 0 Å². The summed E-state index contributed by atoms with van der Waals surface area (Å²) in [6.45, 7) is 2.01. The van der Waals surface area contributed by atoms with Crippen LogP contribution in [-0.4, -0.2) is 0 Å². The molecule has 0 saturated heterocycles. The van der Waals surface area contributed by atoms with Gasteiger partial charge in [-0.15, -0.1) is 11.7 Å². The first-order chi connectivity index (χ1) is 4.72. The number of aryl methyl sites for hydroxylation is 1. The lowest BCUT2D eigenvalue weighted by atomic mass is 10.2. The van der Waals surface area contributed by atoms with Gasteiger partial charge in [-0.05, 0) is 30.7 Å². The highest BCUT2D eigenvalue weighted by atomic mass is 35.5. The van der Waals surface area contributed by atoms with Crippen LogP contribution in [0.3, 0.4) is 0 Å². The van der Waals surface area contributed by atoms with Crippen LogP contribution in [0.4, 0.5) is 0 Å². The average molecular weight is 191 g/mol. The van der Waals surface area contributed by atoms with Gasteiger partial charge in [0.05, 0.1) is 0 Å². The molecule has 0 amide bonds. The lowest BCUT2D eigenvalue weighted by Gasteiger charge is -1.97. The van der Waals surface area contributed by atoms with Gasteiger partial charge in [0.2, 0.25) is 0 Å². The summed E-state index contributed by atoms with van der Waals surface area (Å²) in [7, 11) is 1.41. The molecule has 1 aromatic rings. The van der Waals surface area contributed by atoms with E-state index >= 15 is 0 Å². The van der Waals surface area contributed by atoms with Crippen molar-refractivity contribution in [3.05, 3.63) is 28.8 Å². The molecule has 1 aromatic carbocycles. The second-order valence-corrected chi connectivity index (χ2v) is 3.69. The fraction of sp³-hybridized carbons (Fsp3) is 0.143. The van der Waals surface area contributed by atoms with Crippen LogP contribution in [0.1, 0.15) is 5.56 Å². The minimum absolute atomic E-state index is 0.775. The van der Waals surface area contributed by atoms with Gasteiger partial charge in [-0.3, -0.25) is 0 Å². The Kier molecular flexibility index (Phi) is 2.96.